The second kappa shape index (κ2) is 37.3. The number of aryl methyl sites for hydroxylation is 4. The van der Waals surface area contributed by atoms with E-state index in [-0.39, 0.29) is 18.0 Å². The normalized spacial score (nSPS) is 10.6. The van der Waals surface area contributed by atoms with Gasteiger partial charge in [0.05, 0.1) is 50.7 Å². The summed E-state index contributed by atoms with van der Waals surface area (Å²) in [6, 6.07) is 55.5. The fourth-order valence-electron chi connectivity index (χ4n) is 10.2. The molecule has 486 valence electrons. The van der Waals surface area contributed by atoms with Crippen LogP contribution in [-0.4, -0.2) is 94.9 Å². The quantitative estimate of drug-likeness (QED) is 0.0131. The van der Waals surface area contributed by atoms with Crippen molar-refractivity contribution in [3.63, 3.8) is 0 Å². The van der Waals surface area contributed by atoms with Gasteiger partial charge in [0.15, 0.2) is 0 Å². The number of anilines is 7. The van der Waals surface area contributed by atoms with Crippen LogP contribution in [0.25, 0.3) is 44.1 Å². The molecule has 93 heavy (non-hydrogen) atoms. The Hall–Kier alpha value is -10.1. The molecule has 12 aromatic rings. The summed E-state index contributed by atoms with van der Waals surface area (Å²) in [6.45, 7) is 3.98. The van der Waals surface area contributed by atoms with E-state index in [1.54, 1.807) is 24.1 Å². The number of imidazole rings is 4. The molecule has 0 aliphatic carbocycles. The highest BCUT2D eigenvalue weighted by atomic mass is 79.9. The molecule has 23 heteroatoms. The number of para-hydroxylation sites is 8. The van der Waals surface area contributed by atoms with Gasteiger partial charge in [-0.1, -0.05) is 111 Å². The molecule has 0 fully saturated rings. The number of aromatic nitrogens is 12. The van der Waals surface area contributed by atoms with E-state index in [0.717, 1.165) is 161 Å². The molecule has 0 spiro atoms. The molecular weight excluding hydrogens is 1240 g/mol. The van der Waals surface area contributed by atoms with E-state index in [1.807, 2.05) is 201 Å². The Morgan fingerprint density at radius 1 is 0.484 bits per heavy atom. The topological polar surface area (TPSA) is 278 Å². The van der Waals surface area contributed by atoms with Gasteiger partial charge in [0.2, 0.25) is 29.7 Å². The number of nitrogens with zero attached hydrogens (tertiary/aromatic N) is 14. The first kappa shape index (κ1) is 70.4. The monoisotopic (exact) mass is 1320 g/mol. The average molecular weight is 1320 g/mol. The third kappa shape index (κ3) is 20.7. The van der Waals surface area contributed by atoms with Gasteiger partial charge in [-0.05, 0) is 146 Å². The molecule has 8 aromatic heterocycles. The van der Waals surface area contributed by atoms with E-state index in [4.69, 9.17) is 25.6 Å². The first-order valence-corrected chi connectivity index (χ1v) is 31.8. The minimum atomic E-state index is -0.317. The van der Waals surface area contributed by atoms with Crippen LogP contribution in [0.5, 0.6) is 0 Å². The highest BCUT2D eigenvalue weighted by Crippen LogP contribution is 2.29. The van der Waals surface area contributed by atoms with E-state index in [0.29, 0.717) is 25.4 Å². The van der Waals surface area contributed by atoms with Gasteiger partial charge in [0.25, 0.3) is 0 Å². The number of rotatable bonds is 23. The molecular formula is C70H85BrN18O4. The Balaban J connectivity index is 0.000000176. The van der Waals surface area contributed by atoms with Crippen LogP contribution in [0.4, 0.5) is 41.2 Å². The van der Waals surface area contributed by atoms with Crippen molar-refractivity contribution in [1.82, 2.24) is 69.8 Å². The molecule has 0 unspecified atom stereocenters. The SMILES string of the molecule is Brc1ccccn1.CCOC(=O)CCCCCCCN(c1ccccn1)c1nc2ccccc2n1C.Cn1c(N(CCCCCCCC(=O)NO)c2ccccn2)nc2ccccc21.Cn1c(N)nc2ccccc21.Cn1c(Nc2ccccn2)nc2ccccc21.N. The maximum atomic E-state index is 11.4. The van der Waals surface area contributed by atoms with Crippen molar-refractivity contribution in [3.05, 3.63) is 199 Å². The number of unbranched alkanes of at least 4 members (excludes halogenated alkanes) is 8. The molecule has 0 atom stereocenters. The number of hydrogen-bond donors (Lipinski definition) is 5. The second-order valence-electron chi connectivity index (χ2n) is 21.5. The molecule has 8 N–H and O–H groups in total. The average Bonchev–Trinajstić information content (AvgIpc) is 1.72. The third-order valence-electron chi connectivity index (χ3n) is 15.0. The van der Waals surface area contributed by atoms with Crippen molar-refractivity contribution >= 4 is 113 Å². The van der Waals surface area contributed by atoms with Crippen LogP contribution in [-0.2, 0) is 42.5 Å². The van der Waals surface area contributed by atoms with Crippen molar-refractivity contribution < 1.29 is 19.5 Å². The minimum Gasteiger partial charge on any atom is -0.466 e. The lowest BCUT2D eigenvalue weighted by Gasteiger charge is -2.22. The fraction of sp³-hybridized carbons (Fsp3) is 0.286. The predicted octanol–water partition coefficient (Wildman–Crippen LogP) is 14.8. The smallest absolute Gasteiger partial charge is 0.305 e. The maximum absolute atomic E-state index is 11.4. The van der Waals surface area contributed by atoms with Crippen molar-refractivity contribution in [2.75, 3.05) is 40.5 Å². The number of hydrogen-bond acceptors (Lipinski definition) is 17. The van der Waals surface area contributed by atoms with E-state index >= 15 is 0 Å². The molecule has 0 saturated carbocycles. The summed E-state index contributed by atoms with van der Waals surface area (Å²) in [6.07, 6.45) is 18.1. The number of carbonyl (C=O) groups is 2. The number of fused-ring (bicyclic) bond motifs is 4. The highest BCUT2D eigenvalue weighted by molar-refractivity contribution is 9.10. The molecule has 1 amide bonds. The molecule has 0 bridgehead atoms. The van der Waals surface area contributed by atoms with Crippen LogP contribution in [0.1, 0.15) is 84.0 Å². The zero-order valence-corrected chi connectivity index (χ0v) is 55.3. The Kier molecular flexibility index (Phi) is 28.2. The number of ether oxygens (including phenoxy) is 1. The molecule has 0 aliphatic rings. The van der Waals surface area contributed by atoms with Gasteiger partial charge in [0.1, 0.15) is 22.1 Å². The van der Waals surface area contributed by atoms with E-state index in [9.17, 15) is 9.59 Å². The summed E-state index contributed by atoms with van der Waals surface area (Å²) in [5.41, 5.74) is 15.6. The first-order chi connectivity index (χ1) is 44.9. The van der Waals surface area contributed by atoms with Gasteiger partial charge in [-0.3, -0.25) is 24.6 Å². The Morgan fingerprint density at radius 2 is 0.892 bits per heavy atom. The summed E-state index contributed by atoms with van der Waals surface area (Å²) in [4.78, 5) is 62.3. The van der Waals surface area contributed by atoms with Crippen LogP contribution >= 0.6 is 15.9 Å². The number of halogens is 1. The van der Waals surface area contributed by atoms with E-state index in [2.05, 4.69) is 89.3 Å². The van der Waals surface area contributed by atoms with Gasteiger partial charge in [-0.25, -0.2) is 45.4 Å². The molecule has 22 nitrogen and oxygen atoms in total. The summed E-state index contributed by atoms with van der Waals surface area (Å²) < 4.78 is 14.0. The summed E-state index contributed by atoms with van der Waals surface area (Å²) in [5, 5.41) is 11.7. The van der Waals surface area contributed by atoms with Gasteiger partial charge in [-0.15, -0.1) is 0 Å². The first-order valence-electron chi connectivity index (χ1n) is 31.1. The Labute approximate surface area is 551 Å². The molecule has 0 radical (unpaired) electrons. The molecule has 12 rings (SSSR count). The van der Waals surface area contributed by atoms with Gasteiger partial charge >= 0.3 is 5.97 Å². The standard InChI is InChI=1S/C23H30N4O2.C21H27N5O2.C13H12N4.C8H9N3.C5H4BrN.H3N/c1-3-29-22(28)16-7-5-4-6-12-18-27(21-15-10-11-17-24-21)23-25-19-13-8-9-14-20(19)26(23)2;1-25-18-12-7-6-11-17(18)23-21(25)26(19-13-8-9-15-22-19)16-10-4-2-3-5-14-20(27)24-28;1-17-11-7-3-2-6-10(11)15-13(17)16-12-8-4-5-9-14-12;1-11-7-5-3-2-4-6(7)10-8(11)9;6-5-3-1-2-4-7-5;/h8-11,13-15,17H,3-7,12,16,18H2,1-2H3;6-9,11-13,15,28H,2-5,10,14,16H2,1H3,(H,24,27);2-9H,1H3,(H,14,15,16);2-5H,1H3,(H2,9,10);1-4H;1H3. The number of nitrogens with one attached hydrogen (secondary N) is 2. The largest absolute Gasteiger partial charge is 0.466 e. The zero-order valence-electron chi connectivity index (χ0n) is 53.7. The van der Waals surface area contributed by atoms with Crippen molar-refractivity contribution in [1.29, 1.82) is 0 Å². The van der Waals surface area contributed by atoms with Crippen LogP contribution in [0, 0.1) is 0 Å². The molecule has 8 heterocycles. The molecule has 0 aliphatic heterocycles. The molecule has 0 saturated heterocycles. The maximum Gasteiger partial charge on any atom is 0.305 e. The predicted molar refractivity (Wildman–Crippen MR) is 376 cm³/mol. The van der Waals surface area contributed by atoms with Crippen LogP contribution in [0.2, 0.25) is 0 Å². The Bertz CT molecular complexity index is 4150. The highest BCUT2D eigenvalue weighted by Gasteiger charge is 2.19. The minimum absolute atomic E-state index is 0. The number of nitrogen functional groups attached to an aromatic ring is 1. The van der Waals surface area contributed by atoms with Crippen molar-refractivity contribution in [3.8, 4) is 0 Å². The third-order valence-corrected chi connectivity index (χ3v) is 15.5. The number of nitrogens with two attached hydrogens (primary N) is 1. The summed E-state index contributed by atoms with van der Waals surface area (Å²) >= 11 is 3.20. The van der Waals surface area contributed by atoms with Crippen LogP contribution < -0.4 is 32.5 Å². The number of pyridine rings is 4. The van der Waals surface area contributed by atoms with Crippen LogP contribution in [0.3, 0.4) is 0 Å². The van der Waals surface area contributed by atoms with E-state index < -0.39 is 0 Å². The number of esters is 1. The number of amides is 1. The number of carbonyl (C=O) groups excluding carboxylic acids is 2. The lowest BCUT2D eigenvalue weighted by molar-refractivity contribution is -0.143. The zero-order chi connectivity index (χ0) is 64.9. The lowest BCUT2D eigenvalue weighted by Crippen LogP contribution is -2.22. The summed E-state index contributed by atoms with van der Waals surface area (Å²) in [5.74, 6) is 5.35. The fourth-order valence-corrected chi connectivity index (χ4v) is 10.4. The van der Waals surface area contributed by atoms with Gasteiger partial charge in [-0.2, -0.15) is 0 Å². The van der Waals surface area contributed by atoms with Gasteiger partial charge in [0, 0.05) is 78.9 Å². The number of benzene rings is 4. The lowest BCUT2D eigenvalue weighted by atomic mass is 10.1. The van der Waals surface area contributed by atoms with Crippen molar-refractivity contribution in [2.24, 2.45) is 28.2 Å². The van der Waals surface area contributed by atoms with Crippen LogP contribution in [0.15, 0.2) is 199 Å². The van der Waals surface area contributed by atoms with Gasteiger partial charge < -0.3 is 40.2 Å². The van der Waals surface area contributed by atoms with Crippen molar-refractivity contribution in [2.45, 2.75) is 84.0 Å². The second-order valence-corrected chi connectivity index (χ2v) is 22.3. The number of hydroxylamine groups is 1. The molecule has 4 aromatic carbocycles. The van der Waals surface area contributed by atoms with E-state index in [1.165, 1.54) is 0 Å². The summed E-state index contributed by atoms with van der Waals surface area (Å²) in [7, 11) is 7.98. The Morgan fingerprint density at radius 3 is 1.30 bits per heavy atom.